The van der Waals surface area contributed by atoms with Crippen LogP contribution in [0.2, 0.25) is 0 Å². The first kappa shape index (κ1) is 13.4. The van der Waals surface area contributed by atoms with Gasteiger partial charge in [-0.1, -0.05) is 22.0 Å². The lowest BCUT2D eigenvalue weighted by atomic mass is 10.1. The minimum atomic E-state index is 0.00475. The van der Waals surface area contributed by atoms with Gasteiger partial charge < -0.3 is 15.4 Å². The van der Waals surface area contributed by atoms with Crippen LogP contribution in [0.4, 0.5) is 0 Å². The number of likely N-dealkylation sites (tertiary alicyclic amines) is 1. The van der Waals surface area contributed by atoms with E-state index < -0.39 is 0 Å². The van der Waals surface area contributed by atoms with Gasteiger partial charge in [-0.3, -0.25) is 4.79 Å². The van der Waals surface area contributed by atoms with Crippen LogP contribution in [-0.2, 0) is 4.79 Å². The fraction of sp³-hybridized carbons (Fsp3) is 0.462. The van der Waals surface area contributed by atoms with Crippen LogP contribution in [0, 0.1) is 0 Å². The van der Waals surface area contributed by atoms with Gasteiger partial charge in [0.05, 0.1) is 0 Å². The fourth-order valence-corrected chi connectivity index (χ4v) is 2.41. The van der Waals surface area contributed by atoms with E-state index in [1.807, 2.05) is 24.3 Å². The Kier molecular flexibility index (Phi) is 4.60. The molecule has 0 radical (unpaired) electrons. The molecule has 1 aliphatic rings. The molecule has 0 aromatic heterocycles. The Labute approximate surface area is 115 Å². The van der Waals surface area contributed by atoms with Crippen LogP contribution in [0.15, 0.2) is 28.7 Å². The minimum Gasteiger partial charge on any atom is -0.484 e. The van der Waals surface area contributed by atoms with Gasteiger partial charge in [0.1, 0.15) is 5.75 Å². The predicted molar refractivity (Wildman–Crippen MR) is 73.4 cm³/mol. The first-order valence-electron chi connectivity index (χ1n) is 6.07. The lowest BCUT2D eigenvalue weighted by molar-refractivity contribution is -0.134. The largest absolute Gasteiger partial charge is 0.484 e. The standard InChI is InChI=1S/C13H17BrN2O2/c14-10-3-1-5-12(7-10)18-9-13(17)16-6-2-4-11(15)8-16/h1,3,5,7,11H,2,4,6,8-9,15H2/t11-/m0/s1. The molecule has 2 N–H and O–H groups in total. The van der Waals surface area contributed by atoms with E-state index in [9.17, 15) is 4.79 Å². The van der Waals surface area contributed by atoms with Gasteiger partial charge in [0.15, 0.2) is 6.61 Å². The van der Waals surface area contributed by atoms with Gasteiger partial charge in [-0.2, -0.15) is 0 Å². The molecule has 0 spiro atoms. The van der Waals surface area contributed by atoms with Gasteiger partial charge >= 0.3 is 0 Å². The number of rotatable bonds is 3. The zero-order valence-corrected chi connectivity index (χ0v) is 11.7. The molecule has 5 heteroatoms. The van der Waals surface area contributed by atoms with Gasteiger partial charge in [-0.25, -0.2) is 0 Å². The van der Waals surface area contributed by atoms with Crippen LogP contribution in [-0.4, -0.2) is 36.5 Å². The molecule has 0 bridgehead atoms. The highest BCUT2D eigenvalue weighted by Gasteiger charge is 2.21. The van der Waals surface area contributed by atoms with Gasteiger partial charge in [-0.05, 0) is 31.0 Å². The van der Waals surface area contributed by atoms with Crippen molar-refractivity contribution in [3.05, 3.63) is 28.7 Å². The van der Waals surface area contributed by atoms with Gasteiger partial charge in [0.2, 0.25) is 0 Å². The number of nitrogens with two attached hydrogens (primary N) is 1. The number of amides is 1. The van der Waals surface area contributed by atoms with Crippen molar-refractivity contribution in [2.75, 3.05) is 19.7 Å². The number of nitrogens with zero attached hydrogens (tertiary/aromatic N) is 1. The number of carbonyl (C=O) groups is 1. The Morgan fingerprint density at radius 1 is 1.56 bits per heavy atom. The number of carbonyl (C=O) groups excluding carboxylic acids is 1. The Morgan fingerprint density at radius 3 is 3.11 bits per heavy atom. The van der Waals surface area contributed by atoms with Crippen LogP contribution < -0.4 is 10.5 Å². The number of benzene rings is 1. The number of piperidine rings is 1. The highest BCUT2D eigenvalue weighted by atomic mass is 79.9. The van der Waals surface area contributed by atoms with Gasteiger partial charge in [0.25, 0.3) is 5.91 Å². The molecular weight excluding hydrogens is 296 g/mol. The number of hydrogen-bond donors (Lipinski definition) is 1. The van der Waals surface area contributed by atoms with Crippen LogP contribution in [0.25, 0.3) is 0 Å². The Balaban J connectivity index is 1.84. The van der Waals surface area contributed by atoms with Gasteiger partial charge in [-0.15, -0.1) is 0 Å². The summed E-state index contributed by atoms with van der Waals surface area (Å²) in [7, 11) is 0. The van der Waals surface area contributed by atoms with Crippen molar-refractivity contribution in [1.82, 2.24) is 4.90 Å². The molecule has 1 amide bonds. The zero-order valence-electron chi connectivity index (χ0n) is 10.1. The smallest absolute Gasteiger partial charge is 0.260 e. The molecule has 1 aliphatic heterocycles. The SMILES string of the molecule is N[C@H]1CCCN(C(=O)COc2cccc(Br)c2)C1. The quantitative estimate of drug-likeness (QED) is 0.925. The third-order valence-corrected chi connectivity index (χ3v) is 3.46. The average molecular weight is 313 g/mol. The van der Waals surface area contributed by atoms with Gasteiger partial charge in [0, 0.05) is 23.6 Å². The van der Waals surface area contributed by atoms with Crippen LogP contribution in [0.1, 0.15) is 12.8 Å². The topological polar surface area (TPSA) is 55.6 Å². The summed E-state index contributed by atoms with van der Waals surface area (Å²) in [4.78, 5) is 13.7. The summed E-state index contributed by atoms with van der Waals surface area (Å²) in [5.74, 6) is 0.698. The molecule has 1 heterocycles. The molecule has 2 rings (SSSR count). The molecule has 18 heavy (non-hydrogen) atoms. The maximum absolute atomic E-state index is 11.9. The van der Waals surface area contributed by atoms with Crippen molar-refractivity contribution >= 4 is 21.8 Å². The van der Waals surface area contributed by atoms with E-state index in [1.54, 1.807) is 4.90 Å². The van der Waals surface area contributed by atoms with Crippen molar-refractivity contribution in [1.29, 1.82) is 0 Å². The van der Waals surface area contributed by atoms with E-state index in [0.717, 1.165) is 23.9 Å². The summed E-state index contributed by atoms with van der Waals surface area (Å²) in [5.41, 5.74) is 5.85. The molecule has 98 valence electrons. The highest BCUT2D eigenvalue weighted by molar-refractivity contribution is 9.10. The highest BCUT2D eigenvalue weighted by Crippen LogP contribution is 2.18. The van der Waals surface area contributed by atoms with E-state index in [4.69, 9.17) is 10.5 Å². The molecule has 0 unspecified atom stereocenters. The molecular formula is C13H17BrN2O2. The first-order valence-corrected chi connectivity index (χ1v) is 6.86. The Bertz CT molecular complexity index is 425. The zero-order chi connectivity index (χ0) is 13.0. The third-order valence-electron chi connectivity index (χ3n) is 2.97. The lowest BCUT2D eigenvalue weighted by Crippen LogP contribution is -2.47. The average Bonchev–Trinajstić information content (AvgIpc) is 2.36. The summed E-state index contributed by atoms with van der Waals surface area (Å²) >= 11 is 3.36. The third kappa shape index (κ3) is 3.71. The molecule has 4 nitrogen and oxygen atoms in total. The number of ether oxygens (including phenoxy) is 1. The second kappa shape index (κ2) is 6.20. The number of halogens is 1. The Hall–Kier alpha value is -1.07. The van der Waals surface area contributed by atoms with E-state index in [0.29, 0.717) is 12.3 Å². The van der Waals surface area contributed by atoms with Crippen LogP contribution in [0.3, 0.4) is 0 Å². The van der Waals surface area contributed by atoms with E-state index in [1.165, 1.54) is 0 Å². The summed E-state index contributed by atoms with van der Waals surface area (Å²) in [6.45, 7) is 1.50. The summed E-state index contributed by atoms with van der Waals surface area (Å²) in [6.07, 6.45) is 1.97. The first-order chi connectivity index (χ1) is 8.65. The van der Waals surface area contributed by atoms with Crippen molar-refractivity contribution < 1.29 is 9.53 Å². The lowest BCUT2D eigenvalue weighted by Gasteiger charge is -2.30. The van der Waals surface area contributed by atoms with E-state index in [2.05, 4.69) is 15.9 Å². The maximum Gasteiger partial charge on any atom is 0.260 e. The van der Waals surface area contributed by atoms with E-state index >= 15 is 0 Å². The van der Waals surface area contributed by atoms with Crippen molar-refractivity contribution in [2.24, 2.45) is 5.73 Å². The minimum absolute atomic E-state index is 0.00475. The maximum atomic E-state index is 11.9. The monoisotopic (exact) mass is 312 g/mol. The summed E-state index contributed by atoms with van der Waals surface area (Å²) in [6, 6.07) is 7.57. The summed E-state index contributed by atoms with van der Waals surface area (Å²) in [5, 5.41) is 0. The second-order valence-corrected chi connectivity index (χ2v) is 5.40. The molecule has 1 aromatic carbocycles. The van der Waals surface area contributed by atoms with Crippen molar-refractivity contribution in [3.8, 4) is 5.75 Å². The molecule has 0 saturated carbocycles. The van der Waals surface area contributed by atoms with Crippen molar-refractivity contribution in [3.63, 3.8) is 0 Å². The number of hydrogen-bond acceptors (Lipinski definition) is 3. The molecule has 1 saturated heterocycles. The molecule has 1 atom stereocenters. The summed E-state index contributed by atoms with van der Waals surface area (Å²) < 4.78 is 6.41. The fourth-order valence-electron chi connectivity index (χ4n) is 2.03. The van der Waals surface area contributed by atoms with Crippen molar-refractivity contribution in [2.45, 2.75) is 18.9 Å². The van der Waals surface area contributed by atoms with Crippen LogP contribution in [0.5, 0.6) is 5.75 Å². The Morgan fingerprint density at radius 2 is 2.39 bits per heavy atom. The van der Waals surface area contributed by atoms with E-state index in [-0.39, 0.29) is 18.6 Å². The molecule has 1 fully saturated rings. The molecule has 0 aliphatic carbocycles. The predicted octanol–water partition coefficient (Wildman–Crippen LogP) is 1.78. The second-order valence-electron chi connectivity index (χ2n) is 4.49. The normalized spacial score (nSPS) is 19.7. The molecule has 1 aromatic rings. The van der Waals surface area contributed by atoms with Crippen LogP contribution >= 0.6 is 15.9 Å².